The fourth-order valence-corrected chi connectivity index (χ4v) is 1.71. The van der Waals surface area contributed by atoms with Crippen LogP contribution in [0.2, 0.25) is 0 Å². The van der Waals surface area contributed by atoms with Crippen LogP contribution in [-0.2, 0) is 0 Å². The molecule has 3 nitrogen and oxygen atoms in total. The van der Waals surface area contributed by atoms with Crippen LogP contribution in [0.5, 0.6) is 0 Å². The van der Waals surface area contributed by atoms with E-state index in [1.54, 1.807) is 12.3 Å². The third-order valence-corrected chi connectivity index (χ3v) is 2.49. The van der Waals surface area contributed by atoms with Crippen LogP contribution in [0.25, 0.3) is 11.0 Å². The lowest BCUT2D eigenvalue weighted by Crippen LogP contribution is -2.15. The van der Waals surface area contributed by atoms with Crippen LogP contribution in [0.15, 0.2) is 17.1 Å². The van der Waals surface area contributed by atoms with Crippen molar-refractivity contribution in [3.8, 4) is 0 Å². The number of H-pyrrole nitrogens is 1. The summed E-state index contributed by atoms with van der Waals surface area (Å²) in [4.78, 5) is 17.9. The summed E-state index contributed by atoms with van der Waals surface area (Å²) >= 11 is 0. The third kappa shape index (κ3) is 1.58. The summed E-state index contributed by atoms with van der Waals surface area (Å²) in [5.74, 6) is 0. The average molecular weight is 224 g/mol. The highest BCUT2D eigenvalue weighted by Crippen LogP contribution is 2.23. The van der Waals surface area contributed by atoms with Crippen molar-refractivity contribution in [3.05, 3.63) is 39.3 Å². The number of nitrogens with one attached hydrogen (secondary N) is 1. The maximum atomic E-state index is 12.6. The van der Waals surface area contributed by atoms with Crippen molar-refractivity contribution >= 4 is 11.0 Å². The third-order valence-electron chi connectivity index (χ3n) is 2.49. The van der Waals surface area contributed by atoms with Gasteiger partial charge in [-0.3, -0.25) is 9.78 Å². The number of rotatable bonds is 1. The number of fused-ring (bicyclic) bond motifs is 1. The van der Waals surface area contributed by atoms with Gasteiger partial charge in [0.1, 0.15) is 0 Å². The first-order valence-electron chi connectivity index (χ1n) is 4.78. The molecule has 16 heavy (non-hydrogen) atoms. The molecule has 0 saturated carbocycles. The van der Waals surface area contributed by atoms with Crippen LogP contribution < -0.4 is 5.56 Å². The molecule has 0 unspecified atom stereocenters. The second kappa shape index (κ2) is 3.66. The van der Waals surface area contributed by atoms with Crippen molar-refractivity contribution < 1.29 is 8.78 Å². The molecule has 84 valence electrons. The Morgan fingerprint density at radius 2 is 2.06 bits per heavy atom. The number of aryl methyl sites for hydroxylation is 2. The van der Waals surface area contributed by atoms with Crippen LogP contribution in [0.4, 0.5) is 8.78 Å². The second-order valence-corrected chi connectivity index (χ2v) is 3.70. The maximum absolute atomic E-state index is 12.6. The quantitative estimate of drug-likeness (QED) is 0.808. The van der Waals surface area contributed by atoms with E-state index >= 15 is 0 Å². The lowest BCUT2D eigenvalue weighted by atomic mass is 10.1. The SMILES string of the molecule is Cc1cnc2c(C)c(C(F)F)c(=O)[nH]c2c1. The molecule has 1 N–H and O–H groups in total. The van der Waals surface area contributed by atoms with Crippen molar-refractivity contribution in [2.45, 2.75) is 20.3 Å². The Bertz CT molecular complexity index is 605. The standard InChI is InChI=1S/C11H10F2N2O/c1-5-3-7-9(14-4-5)6(2)8(10(12)13)11(16)15-7/h3-4,10H,1-2H3,(H,15,16). The van der Waals surface area contributed by atoms with Gasteiger partial charge in [-0.25, -0.2) is 8.78 Å². The van der Waals surface area contributed by atoms with Crippen LogP contribution in [-0.4, -0.2) is 9.97 Å². The normalized spacial score (nSPS) is 11.3. The predicted molar refractivity (Wildman–Crippen MR) is 56.8 cm³/mol. The summed E-state index contributed by atoms with van der Waals surface area (Å²) < 4.78 is 25.3. The monoisotopic (exact) mass is 224 g/mol. The molecule has 0 bridgehead atoms. The van der Waals surface area contributed by atoms with Gasteiger partial charge in [0.15, 0.2) is 0 Å². The molecule has 5 heteroatoms. The Morgan fingerprint density at radius 3 is 2.69 bits per heavy atom. The molecule has 2 heterocycles. The summed E-state index contributed by atoms with van der Waals surface area (Å²) in [6.07, 6.45) is -1.20. The minimum atomic E-state index is -2.78. The highest BCUT2D eigenvalue weighted by molar-refractivity contribution is 5.78. The van der Waals surface area contributed by atoms with Gasteiger partial charge in [0.05, 0.1) is 16.6 Å². The van der Waals surface area contributed by atoms with Crippen LogP contribution in [0.3, 0.4) is 0 Å². The van der Waals surface area contributed by atoms with Crippen molar-refractivity contribution in [1.29, 1.82) is 0 Å². The van der Waals surface area contributed by atoms with Crippen molar-refractivity contribution in [2.75, 3.05) is 0 Å². The zero-order valence-electron chi connectivity index (χ0n) is 8.84. The van der Waals surface area contributed by atoms with Gasteiger partial charge in [0, 0.05) is 6.20 Å². The lowest BCUT2D eigenvalue weighted by molar-refractivity contribution is 0.149. The van der Waals surface area contributed by atoms with Crippen molar-refractivity contribution in [2.24, 2.45) is 0 Å². The molecular weight excluding hydrogens is 214 g/mol. The Hall–Kier alpha value is -1.78. The minimum Gasteiger partial charge on any atom is -0.320 e. The Morgan fingerprint density at radius 1 is 1.38 bits per heavy atom. The van der Waals surface area contributed by atoms with Gasteiger partial charge in [0.25, 0.3) is 12.0 Å². The molecular formula is C11H10F2N2O. The van der Waals surface area contributed by atoms with E-state index in [-0.39, 0.29) is 5.56 Å². The van der Waals surface area contributed by atoms with Crippen LogP contribution in [0, 0.1) is 13.8 Å². The first kappa shape index (κ1) is 10.7. The molecule has 2 rings (SSSR count). The van der Waals surface area contributed by atoms with E-state index in [0.29, 0.717) is 11.0 Å². The maximum Gasteiger partial charge on any atom is 0.269 e. The number of aromatic amines is 1. The number of hydrogen-bond acceptors (Lipinski definition) is 2. The molecule has 0 fully saturated rings. The Labute approximate surface area is 90.1 Å². The van der Waals surface area contributed by atoms with E-state index < -0.39 is 17.5 Å². The van der Waals surface area contributed by atoms with Gasteiger partial charge in [-0.1, -0.05) is 0 Å². The van der Waals surface area contributed by atoms with Gasteiger partial charge in [0.2, 0.25) is 0 Å². The Kier molecular flexibility index (Phi) is 2.46. The molecule has 0 aliphatic heterocycles. The summed E-state index contributed by atoms with van der Waals surface area (Å²) in [7, 11) is 0. The summed E-state index contributed by atoms with van der Waals surface area (Å²) in [5, 5.41) is 0. The van der Waals surface area contributed by atoms with E-state index in [2.05, 4.69) is 9.97 Å². The minimum absolute atomic E-state index is 0.244. The van der Waals surface area contributed by atoms with E-state index in [4.69, 9.17) is 0 Å². The fourth-order valence-electron chi connectivity index (χ4n) is 1.71. The fraction of sp³-hybridized carbons (Fsp3) is 0.273. The molecule has 0 aliphatic carbocycles. The van der Waals surface area contributed by atoms with Crippen molar-refractivity contribution in [3.63, 3.8) is 0 Å². The average Bonchev–Trinajstić information content (AvgIpc) is 2.15. The number of aromatic nitrogens is 2. The molecule has 0 amide bonds. The molecule has 0 aliphatic rings. The lowest BCUT2D eigenvalue weighted by Gasteiger charge is -2.07. The molecule has 2 aromatic heterocycles. The smallest absolute Gasteiger partial charge is 0.269 e. The predicted octanol–water partition coefficient (Wildman–Crippen LogP) is 2.48. The highest BCUT2D eigenvalue weighted by Gasteiger charge is 2.18. The van der Waals surface area contributed by atoms with E-state index in [9.17, 15) is 13.6 Å². The van der Waals surface area contributed by atoms with Gasteiger partial charge in [-0.15, -0.1) is 0 Å². The van der Waals surface area contributed by atoms with Gasteiger partial charge in [-0.2, -0.15) is 0 Å². The summed E-state index contributed by atoms with van der Waals surface area (Å²) in [5.41, 5.74) is 0.782. The van der Waals surface area contributed by atoms with Crippen molar-refractivity contribution in [1.82, 2.24) is 9.97 Å². The molecule has 0 saturated heterocycles. The van der Waals surface area contributed by atoms with Gasteiger partial charge >= 0.3 is 0 Å². The van der Waals surface area contributed by atoms with Gasteiger partial charge in [-0.05, 0) is 31.0 Å². The topological polar surface area (TPSA) is 45.8 Å². The first-order chi connectivity index (χ1) is 7.50. The summed E-state index contributed by atoms with van der Waals surface area (Å²) in [6.45, 7) is 3.31. The number of halogens is 2. The Balaban J connectivity index is 2.89. The first-order valence-corrected chi connectivity index (χ1v) is 4.78. The largest absolute Gasteiger partial charge is 0.320 e. The molecule has 0 spiro atoms. The number of alkyl halides is 2. The molecule has 2 aromatic rings. The number of hydrogen-bond donors (Lipinski definition) is 1. The van der Waals surface area contributed by atoms with E-state index in [1.807, 2.05) is 6.92 Å². The second-order valence-electron chi connectivity index (χ2n) is 3.70. The number of nitrogens with zero attached hydrogens (tertiary/aromatic N) is 1. The molecule has 0 aromatic carbocycles. The molecule has 0 atom stereocenters. The number of pyridine rings is 2. The zero-order chi connectivity index (χ0) is 11.9. The van der Waals surface area contributed by atoms with Gasteiger partial charge < -0.3 is 4.98 Å². The highest BCUT2D eigenvalue weighted by atomic mass is 19.3. The zero-order valence-corrected chi connectivity index (χ0v) is 8.84. The van der Waals surface area contributed by atoms with E-state index in [0.717, 1.165) is 5.56 Å². The van der Waals surface area contributed by atoms with E-state index in [1.165, 1.54) is 6.92 Å². The van der Waals surface area contributed by atoms with Crippen LogP contribution >= 0.6 is 0 Å². The summed E-state index contributed by atoms with van der Waals surface area (Å²) in [6, 6.07) is 1.71. The molecule has 0 radical (unpaired) electrons. The van der Waals surface area contributed by atoms with Crippen LogP contribution in [0.1, 0.15) is 23.1 Å².